The number of alkyl halides is 1. The number of rotatable bonds is 3. The third kappa shape index (κ3) is 2.66. The highest BCUT2D eigenvalue weighted by Gasteiger charge is 2.37. The fraction of sp³-hybridized carbons (Fsp3) is 0.250. The second-order valence-electron chi connectivity index (χ2n) is 4.52. The van der Waals surface area contributed by atoms with Crippen molar-refractivity contribution in [3.8, 4) is 0 Å². The molecule has 0 aliphatic carbocycles. The molecule has 0 N–H and O–H groups in total. The van der Waals surface area contributed by atoms with Crippen LogP contribution in [0.5, 0.6) is 0 Å². The van der Waals surface area contributed by atoms with Crippen LogP contribution in [0.2, 0.25) is 0 Å². The number of hydrogen-bond donors (Lipinski definition) is 0. The molecule has 0 spiro atoms. The zero-order valence-electron chi connectivity index (χ0n) is 10.4. The molecule has 0 aromatic heterocycles. The first-order valence-electron chi connectivity index (χ1n) is 6.35. The molecular formula is C16H15ClO2. The molecule has 0 amide bonds. The third-order valence-corrected chi connectivity index (χ3v) is 3.51. The van der Waals surface area contributed by atoms with Crippen molar-refractivity contribution in [2.24, 2.45) is 0 Å². The lowest BCUT2D eigenvalue weighted by molar-refractivity contribution is -0.0488. The molecule has 2 aromatic rings. The first-order chi connectivity index (χ1) is 9.38. The van der Waals surface area contributed by atoms with Crippen LogP contribution < -0.4 is 0 Å². The van der Waals surface area contributed by atoms with E-state index in [-0.39, 0.29) is 18.5 Å². The predicted molar refractivity (Wildman–Crippen MR) is 75.0 cm³/mol. The third-order valence-electron chi connectivity index (χ3n) is 3.25. The van der Waals surface area contributed by atoms with Gasteiger partial charge < -0.3 is 9.47 Å². The second kappa shape index (κ2) is 5.74. The summed E-state index contributed by atoms with van der Waals surface area (Å²) in [4.78, 5) is 0. The zero-order valence-corrected chi connectivity index (χ0v) is 11.2. The highest BCUT2D eigenvalue weighted by Crippen LogP contribution is 2.42. The maximum absolute atomic E-state index is 5.91. The van der Waals surface area contributed by atoms with Gasteiger partial charge in [-0.25, -0.2) is 0 Å². The van der Waals surface area contributed by atoms with Crippen molar-refractivity contribution in [1.82, 2.24) is 0 Å². The van der Waals surface area contributed by atoms with Crippen LogP contribution >= 0.6 is 11.6 Å². The van der Waals surface area contributed by atoms with Crippen molar-refractivity contribution in [2.45, 2.75) is 18.5 Å². The summed E-state index contributed by atoms with van der Waals surface area (Å²) in [6, 6.07) is 20.3. The van der Waals surface area contributed by atoms with Crippen molar-refractivity contribution in [1.29, 1.82) is 0 Å². The first-order valence-corrected chi connectivity index (χ1v) is 6.88. The fourth-order valence-electron chi connectivity index (χ4n) is 2.37. The van der Waals surface area contributed by atoms with E-state index in [9.17, 15) is 0 Å². The highest BCUT2D eigenvalue weighted by atomic mass is 35.5. The van der Waals surface area contributed by atoms with Gasteiger partial charge >= 0.3 is 0 Å². The normalized spacial score (nSPS) is 26.5. The van der Waals surface area contributed by atoms with Crippen molar-refractivity contribution >= 4 is 11.6 Å². The minimum atomic E-state index is -0.350. The molecule has 2 atom stereocenters. The van der Waals surface area contributed by atoms with Crippen LogP contribution in [-0.2, 0) is 9.47 Å². The van der Waals surface area contributed by atoms with E-state index in [0.717, 1.165) is 11.1 Å². The van der Waals surface area contributed by atoms with Crippen LogP contribution in [-0.4, -0.2) is 12.2 Å². The van der Waals surface area contributed by atoms with Gasteiger partial charge in [-0.3, -0.25) is 0 Å². The van der Waals surface area contributed by atoms with Gasteiger partial charge in [0.25, 0.3) is 0 Å². The topological polar surface area (TPSA) is 18.5 Å². The summed E-state index contributed by atoms with van der Waals surface area (Å²) in [6.45, 7) is 0. The van der Waals surface area contributed by atoms with Gasteiger partial charge in [0, 0.05) is 0 Å². The van der Waals surface area contributed by atoms with Crippen LogP contribution in [0.4, 0.5) is 0 Å². The van der Waals surface area contributed by atoms with E-state index < -0.39 is 0 Å². The van der Waals surface area contributed by atoms with E-state index in [0.29, 0.717) is 5.88 Å². The summed E-state index contributed by atoms with van der Waals surface area (Å²) in [5.74, 6) is 0.340. The smallest absolute Gasteiger partial charge is 0.172 e. The molecular weight excluding hydrogens is 260 g/mol. The monoisotopic (exact) mass is 274 g/mol. The van der Waals surface area contributed by atoms with Gasteiger partial charge in [0.2, 0.25) is 0 Å². The van der Waals surface area contributed by atoms with Crippen LogP contribution in [0.3, 0.4) is 0 Å². The Balaban J connectivity index is 1.92. The quantitative estimate of drug-likeness (QED) is 0.785. The number of hydrogen-bond acceptors (Lipinski definition) is 2. The summed E-state index contributed by atoms with van der Waals surface area (Å²) in [5, 5.41) is 0. The second-order valence-corrected chi connectivity index (χ2v) is 4.83. The Morgan fingerprint density at radius 3 is 1.53 bits per heavy atom. The molecule has 98 valence electrons. The Hall–Kier alpha value is -1.35. The van der Waals surface area contributed by atoms with E-state index in [1.165, 1.54) is 0 Å². The van der Waals surface area contributed by atoms with Gasteiger partial charge in [0.1, 0.15) is 12.2 Å². The lowest BCUT2D eigenvalue weighted by Crippen LogP contribution is -2.09. The SMILES string of the molecule is ClCC1OC(c2ccccc2)C(c2ccccc2)O1. The van der Waals surface area contributed by atoms with Gasteiger partial charge in [0.15, 0.2) is 6.29 Å². The van der Waals surface area contributed by atoms with E-state index in [1.807, 2.05) is 36.4 Å². The maximum atomic E-state index is 5.91. The molecule has 1 aliphatic heterocycles. The number of ether oxygens (including phenoxy) is 2. The highest BCUT2D eigenvalue weighted by molar-refractivity contribution is 6.18. The molecule has 0 bridgehead atoms. The van der Waals surface area contributed by atoms with Gasteiger partial charge in [0.05, 0.1) is 5.88 Å². The zero-order chi connectivity index (χ0) is 13.1. The van der Waals surface area contributed by atoms with Crippen LogP contribution in [0.1, 0.15) is 23.3 Å². The molecule has 2 unspecified atom stereocenters. The Labute approximate surface area is 117 Å². The molecule has 2 nitrogen and oxygen atoms in total. The van der Waals surface area contributed by atoms with Gasteiger partial charge in [-0.2, -0.15) is 0 Å². The molecule has 0 saturated carbocycles. The summed E-state index contributed by atoms with van der Waals surface area (Å²) in [6.07, 6.45) is -0.559. The Morgan fingerprint density at radius 2 is 1.16 bits per heavy atom. The summed E-state index contributed by atoms with van der Waals surface area (Å²) >= 11 is 5.86. The van der Waals surface area contributed by atoms with E-state index in [1.54, 1.807) is 0 Å². The van der Waals surface area contributed by atoms with Crippen molar-refractivity contribution in [2.75, 3.05) is 5.88 Å². The summed E-state index contributed by atoms with van der Waals surface area (Å²) < 4.78 is 11.8. The molecule has 2 aromatic carbocycles. The maximum Gasteiger partial charge on any atom is 0.172 e. The van der Waals surface area contributed by atoms with Crippen LogP contribution in [0.25, 0.3) is 0 Å². The Bertz CT molecular complexity index is 467. The van der Waals surface area contributed by atoms with E-state index >= 15 is 0 Å². The number of benzene rings is 2. The lowest BCUT2D eigenvalue weighted by atomic mass is 9.99. The Morgan fingerprint density at radius 1 is 0.737 bits per heavy atom. The average molecular weight is 275 g/mol. The minimum absolute atomic E-state index is 0.104. The minimum Gasteiger partial charge on any atom is -0.340 e. The fourth-order valence-corrected chi connectivity index (χ4v) is 2.51. The van der Waals surface area contributed by atoms with Crippen molar-refractivity contribution < 1.29 is 9.47 Å². The lowest BCUT2D eigenvalue weighted by Gasteiger charge is -2.17. The first kappa shape index (κ1) is 12.7. The van der Waals surface area contributed by atoms with E-state index in [2.05, 4.69) is 24.3 Å². The molecule has 3 heteroatoms. The van der Waals surface area contributed by atoms with Crippen LogP contribution in [0, 0.1) is 0 Å². The molecule has 1 aliphatic rings. The molecule has 1 fully saturated rings. The average Bonchev–Trinajstić information content (AvgIpc) is 2.93. The predicted octanol–water partition coefficient (Wildman–Crippen LogP) is 4.08. The van der Waals surface area contributed by atoms with E-state index in [4.69, 9.17) is 21.1 Å². The molecule has 3 rings (SSSR count). The van der Waals surface area contributed by atoms with Gasteiger partial charge in [-0.15, -0.1) is 11.6 Å². The summed E-state index contributed by atoms with van der Waals surface area (Å²) in [5.41, 5.74) is 2.23. The molecule has 19 heavy (non-hydrogen) atoms. The largest absolute Gasteiger partial charge is 0.340 e. The van der Waals surface area contributed by atoms with Crippen molar-refractivity contribution in [3.05, 3.63) is 71.8 Å². The molecule has 1 heterocycles. The molecule has 1 saturated heterocycles. The standard InChI is InChI=1S/C16H15ClO2/c17-11-14-18-15(12-7-3-1-4-8-12)16(19-14)13-9-5-2-6-10-13/h1-10,14-16H,11H2. The Kier molecular flexibility index (Phi) is 3.83. The number of halogens is 1. The van der Waals surface area contributed by atoms with Crippen LogP contribution in [0.15, 0.2) is 60.7 Å². The molecule has 0 radical (unpaired) electrons. The summed E-state index contributed by atoms with van der Waals surface area (Å²) in [7, 11) is 0. The van der Waals surface area contributed by atoms with Gasteiger partial charge in [-0.05, 0) is 11.1 Å². The van der Waals surface area contributed by atoms with Crippen molar-refractivity contribution in [3.63, 3.8) is 0 Å². The van der Waals surface area contributed by atoms with Gasteiger partial charge in [-0.1, -0.05) is 60.7 Å².